The summed E-state index contributed by atoms with van der Waals surface area (Å²) in [6.07, 6.45) is 4.31. The van der Waals surface area contributed by atoms with Gasteiger partial charge in [-0.05, 0) is 84.0 Å². The van der Waals surface area contributed by atoms with E-state index in [9.17, 15) is 18.4 Å². The Morgan fingerprint density at radius 2 is 1.63 bits per heavy atom. The molecular formula is C32H30F2N2O5. The van der Waals surface area contributed by atoms with Crippen LogP contribution in [0, 0.1) is 17.6 Å². The number of rotatable bonds is 8. The second-order valence-corrected chi connectivity index (χ2v) is 9.97. The van der Waals surface area contributed by atoms with Crippen molar-refractivity contribution in [1.82, 2.24) is 5.01 Å². The Labute approximate surface area is 237 Å². The standard InChI is InChI=1S/C32H30F2N2O5/c1-39-27-15-8-21(17-28(27)40-2)18-30(38)41-19-29(37)36-32(22-9-13-25(34)14-10-22)26-5-3-4-23(31(26)35-36)16-20-6-11-24(33)12-7-20/h6-17,26,32H,3-5,18-19H2,1-2H3. The lowest BCUT2D eigenvalue weighted by Gasteiger charge is -2.29. The third-order valence-corrected chi connectivity index (χ3v) is 7.33. The fourth-order valence-corrected chi connectivity index (χ4v) is 5.38. The number of esters is 1. The topological polar surface area (TPSA) is 77.4 Å². The molecule has 2 unspecified atom stereocenters. The van der Waals surface area contributed by atoms with Crippen LogP contribution in [0.3, 0.4) is 0 Å². The van der Waals surface area contributed by atoms with Gasteiger partial charge in [0, 0.05) is 5.92 Å². The van der Waals surface area contributed by atoms with Gasteiger partial charge in [-0.15, -0.1) is 0 Å². The van der Waals surface area contributed by atoms with E-state index >= 15 is 0 Å². The SMILES string of the molecule is COc1ccc(CC(=O)OCC(=O)N2N=C3C(=Cc4ccc(F)cc4)CCCC3C2c2ccc(F)cc2)cc1OC. The predicted octanol–water partition coefficient (Wildman–Crippen LogP) is 5.89. The van der Waals surface area contributed by atoms with Gasteiger partial charge in [0.1, 0.15) is 11.6 Å². The van der Waals surface area contributed by atoms with E-state index in [-0.39, 0.29) is 24.0 Å². The zero-order valence-electron chi connectivity index (χ0n) is 22.8. The van der Waals surface area contributed by atoms with E-state index in [0.29, 0.717) is 17.1 Å². The fraction of sp³-hybridized carbons (Fsp3) is 0.281. The maximum Gasteiger partial charge on any atom is 0.310 e. The van der Waals surface area contributed by atoms with Crippen LogP contribution in [0.4, 0.5) is 8.78 Å². The minimum Gasteiger partial charge on any atom is -0.493 e. The highest BCUT2D eigenvalue weighted by Gasteiger charge is 2.43. The molecule has 0 spiro atoms. The highest BCUT2D eigenvalue weighted by Crippen LogP contribution is 2.44. The largest absolute Gasteiger partial charge is 0.493 e. The van der Waals surface area contributed by atoms with Crippen molar-refractivity contribution in [1.29, 1.82) is 0 Å². The normalized spacial score (nSPS) is 19.0. The summed E-state index contributed by atoms with van der Waals surface area (Å²) in [5.74, 6) is -0.860. The number of hydrogen-bond donors (Lipinski definition) is 0. The highest BCUT2D eigenvalue weighted by atomic mass is 19.1. The first-order chi connectivity index (χ1) is 19.9. The molecule has 1 aliphatic carbocycles. The van der Waals surface area contributed by atoms with Crippen molar-refractivity contribution in [2.45, 2.75) is 31.7 Å². The van der Waals surface area contributed by atoms with Crippen molar-refractivity contribution >= 4 is 23.7 Å². The summed E-state index contributed by atoms with van der Waals surface area (Å²) in [5, 5.41) is 6.09. The lowest BCUT2D eigenvalue weighted by molar-refractivity contribution is -0.152. The molecule has 0 bridgehead atoms. The van der Waals surface area contributed by atoms with Crippen LogP contribution in [-0.2, 0) is 20.7 Å². The quantitative estimate of drug-likeness (QED) is 0.321. The maximum absolute atomic E-state index is 13.8. The molecule has 5 rings (SSSR count). The zero-order chi connectivity index (χ0) is 28.9. The van der Waals surface area contributed by atoms with Crippen LogP contribution in [0.15, 0.2) is 77.4 Å². The van der Waals surface area contributed by atoms with Crippen molar-refractivity contribution in [3.63, 3.8) is 0 Å². The van der Waals surface area contributed by atoms with E-state index in [1.807, 2.05) is 6.08 Å². The molecule has 3 aromatic carbocycles. The number of nitrogens with zero attached hydrogens (tertiary/aromatic N) is 2. The third-order valence-electron chi connectivity index (χ3n) is 7.33. The molecule has 0 aromatic heterocycles. The Hall–Kier alpha value is -4.53. The Balaban J connectivity index is 1.36. The van der Waals surface area contributed by atoms with Crippen molar-refractivity contribution in [2.75, 3.05) is 20.8 Å². The zero-order valence-corrected chi connectivity index (χ0v) is 22.8. The number of amides is 1. The minimum absolute atomic E-state index is 0.0588. The number of carbonyl (C=O) groups is 2. The number of benzene rings is 3. The summed E-state index contributed by atoms with van der Waals surface area (Å²) in [5.41, 5.74) is 3.94. The summed E-state index contributed by atoms with van der Waals surface area (Å²) >= 11 is 0. The molecule has 212 valence electrons. The van der Waals surface area contributed by atoms with Crippen molar-refractivity contribution in [3.8, 4) is 11.5 Å². The number of hydrogen-bond acceptors (Lipinski definition) is 6. The van der Waals surface area contributed by atoms with E-state index in [2.05, 4.69) is 0 Å². The van der Waals surface area contributed by atoms with Gasteiger partial charge in [0.05, 0.1) is 32.4 Å². The van der Waals surface area contributed by atoms with Gasteiger partial charge in [0.2, 0.25) is 0 Å². The molecule has 41 heavy (non-hydrogen) atoms. The van der Waals surface area contributed by atoms with Crippen LogP contribution < -0.4 is 9.47 Å². The Morgan fingerprint density at radius 3 is 2.32 bits per heavy atom. The van der Waals surface area contributed by atoms with Gasteiger partial charge in [-0.3, -0.25) is 9.59 Å². The number of allylic oxidation sites excluding steroid dienone is 1. The van der Waals surface area contributed by atoms with Gasteiger partial charge in [0.15, 0.2) is 18.1 Å². The van der Waals surface area contributed by atoms with Crippen molar-refractivity contribution in [2.24, 2.45) is 11.0 Å². The summed E-state index contributed by atoms with van der Waals surface area (Å²) in [6.45, 7) is -0.496. The molecule has 0 saturated heterocycles. The average molecular weight is 561 g/mol. The number of hydrazone groups is 1. The Bertz CT molecular complexity index is 1480. The number of halogens is 2. The van der Waals surface area contributed by atoms with Crippen LogP contribution in [-0.4, -0.2) is 43.4 Å². The molecular weight excluding hydrogens is 530 g/mol. The van der Waals surface area contributed by atoms with Crippen LogP contribution >= 0.6 is 0 Å². The molecule has 0 radical (unpaired) electrons. The first-order valence-corrected chi connectivity index (χ1v) is 13.4. The van der Waals surface area contributed by atoms with E-state index in [4.69, 9.17) is 19.3 Å². The summed E-state index contributed by atoms with van der Waals surface area (Å²) < 4.78 is 43.1. The molecule has 9 heteroatoms. The lowest BCUT2D eigenvalue weighted by Crippen LogP contribution is -2.34. The van der Waals surface area contributed by atoms with Gasteiger partial charge in [-0.2, -0.15) is 5.10 Å². The summed E-state index contributed by atoms with van der Waals surface area (Å²) in [4.78, 5) is 26.1. The van der Waals surface area contributed by atoms with E-state index < -0.39 is 24.5 Å². The molecule has 0 N–H and O–H groups in total. The monoisotopic (exact) mass is 560 g/mol. The van der Waals surface area contributed by atoms with Gasteiger partial charge in [0.25, 0.3) is 5.91 Å². The molecule has 7 nitrogen and oxygen atoms in total. The van der Waals surface area contributed by atoms with E-state index in [1.165, 1.54) is 43.5 Å². The maximum atomic E-state index is 13.8. The van der Waals surface area contributed by atoms with Gasteiger partial charge < -0.3 is 14.2 Å². The molecule has 2 atom stereocenters. The van der Waals surface area contributed by atoms with Crippen molar-refractivity contribution in [3.05, 3.63) is 101 Å². The number of ether oxygens (including phenoxy) is 3. The number of fused-ring (bicyclic) bond motifs is 1. The van der Waals surface area contributed by atoms with Crippen LogP contribution in [0.25, 0.3) is 6.08 Å². The molecule has 2 aliphatic rings. The van der Waals surface area contributed by atoms with Gasteiger partial charge >= 0.3 is 5.97 Å². The molecule has 1 fully saturated rings. The summed E-state index contributed by atoms with van der Waals surface area (Å²) in [6, 6.07) is 16.8. The smallest absolute Gasteiger partial charge is 0.310 e. The highest BCUT2D eigenvalue weighted by molar-refractivity contribution is 6.08. The first kappa shape index (κ1) is 28.0. The second-order valence-electron chi connectivity index (χ2n) is 9.97. The molecule has 1 amide bonds. The van der Waals surface area contributed by atoms with E-state index in [0.717, 1.165) is 41.7 Å². The predicted molar refractivity (Wildman–Crippen MR) is 149 cm³/mol. The Morgan fingerprint density at radius 1 is 0.951 bits per heavy atom. The minimum atomic E-state index is -0.579. The fourth-order valence-electron chi connectivity index (χ4n) is 5.38. The van der Waals surface area contributed by atoms with Crippen LogP contribution in [0.5, 0.6) is 11.5 Å². The average Bonchev–Trinajstić information content (AvgIpc) is 3.38. The van der Waals surface area contributed by atoms with Crippen LogP contribution in [0.1, 0.15) is 42.0 Å². The first-order valence-electron chi connectivity index (χ1n) is 13.4. The molecule has 1 saturated carbocycles. The van der Waals surface area contributed by atoms with Gasteiger partial charge in [-0.25, -0.2) is 13.8 Å². The Kier molecular flexibility index (Phi) is 8.42. The number of methoxy groups -OCH3 is 2. The second kappa shape index (κ2) is 12.3. The third kappa shape index (κ3) is 6.29. The molecule has 1 heterocycles. The molecule has 3 aromatic rings. The van der Waals surface area contributed by atoms with Gasteiger partial charge in [-0.1, -0.05) is 30.3 Å². The molecule has 1 aliphatic heterocycles. The number of carbonyl (C=O) groups excluding carboxylic acids is 2. The summed E-state index contributed by atoms with van der Waals surface area (Å²) in [7, 11) is 3.03. The van der Waals surface area contributed by atoms with Crippen LogP contribution in [0.2, 0.25) is 0 Å². The lowest BCUT2D eigenvalue weighted by atomic mass is 9.77. The van der Waals surface area contributed by atoms with Crippen molar-refractivity contribution < 1.29 is 32.6 Å². The van der Waals surface area contributed by atoms with E-state index in [1.54, 1.807) is 42.5 Å².